The third-order valence-electron chi connectivity index (χ3n) is 4.30. The van der Waals surface area contributed by atoms with Crippen LogP contribution in [0.3, 0.4) is 0 Å². The van der Waals surface area contributed by atoms with E-state index in [1.54, 1.807) is 30.3 Å². The molecule has 164 valence electrons. The number of anilines is 1. The summed E-state index contributed by atoms with van der Waals surface area (Å²) in [6, 6.07) is 9.20. The van der Waals surface area contributed by atoms with E-state index in [1.807, 2.05) is 0 Å². The molecule has 0 unspecified atom stereocenters. The molecule has 0 aliphatic heterocycles. The minimum atomic E-state index is -1.37. The SMILES string of the molecule is COC(=O)[C@@H](Cc1ccccc1)NC(=O)[C@@H](CO)Nc1ccc([N+](=O)[O-])cc1[N+](=O)[O-]. The molecule has 0 spiro atoms. The lowest BCUT2D eigenvalue weighted by molar-refractivity contribution is -0.393. The van der Waals surface area contributed by atoms with Gasteiger partial charge in [-0.1, -0.05) is 30.3 Å². The van der Waals surface area contributed by atoms with Gasteiger partial charge in [0.15, 0.2) is 0 Å². The van der Waals surface area contributed by atoms with Crippen LogP contribution in [0.1, 0.15) is 5.56 Å². The third-order valence-corrected chi connectivity index (χ3v) is 4.30. The normalized spacial score (nSPS) is 12.3. The molecular formula is C19H20N4O8. The molecule has 0 bridgehead atoms. The molecule has 3 N–H and O–H groups in total. The van der Waals surface area contributed by atoms with Crippen molar-refractivity contribution in [1.82, 2.24) is 5.32 Å². The number of ether oxygens (including phenoxy) is 1. The molecule has 0 aromatic heterocycles. The molecule has 2 aromatic carbocycles. The molecule has 1 amide bonds. The van der Waals surface area contributed by atoms with Gasteiger partial charge in [0, 0.05) is 12.5 Å². The van der Waals surface area contributed by atoms with Crippen molar-refractivity contribution in [1.29, 1.82) is 0 Å². The average molecular weight is 432 g/mol. The molecule has 0 aliphatic carbocycles. The van der Waals surface area contributed by atoms with Crippen molar-refractivity contribution in [3.63, 3.8) is 0 Å². The fourth-order valence-corrected chi connectivity index (χ4v) is 2.75. The molecule has 0 fully saturated rings. The zero-order valence-corrected chi connectivity index (χ0v) is 16.4. The maximum absolute atomic E-state index is 12.6. The maximum atomic E-state index is 12.6. The highest BCUT2D eigenvalue weighted by Gasteiger charge is 2.28. The first kappa shape index (κ1) is 23.2. The second-order valence-corrected chi connectivity index (χ2v) is 6.37. The molecule has 2 aromatic rings. The molecule has 12 nitrogen and oxygen atoms in total. The summed E-state index contributed by atoms with van der Waals surface area (Å²) in [5.41, 5.74) is -0.606. The Hall–Kier alpha value is -4.06. The Morgan fingerprint density at radius 1 is 1.06 bits per heavy atom. The second-order valence-electron chi connectivity index (χ2n) is 6.37. The van der Waals surface area contributed by atoms with Crippen LogP contribution in [0.4, 0.5) is 17.1 Å². The fraction of sp³-hybridized carbons (Fsp3) is 0.263. The lowest BCUT2D eigenvalue weighted by atomic mass is 10.1. The van der Waals surface area contributed by atoms with Crippen LogP contribution in [-0.2, 0) is 20.7 Å². The Bertz CT molecular complexity index is 967. The van der Waals surface area contributed by atoms with Gasteiger partial charge in [-0.3, -0.25) is 25.0 Å². The quantitative estimate of drug-likeness (QED) is 0.283. The van der Waals surface area contributed by atoms with E-state index in [-0.39, 0.29) is 12.1 Å². The van der Waals surface area contributed by atoms with Gasteiger partial charge < -0.3 is 20.5 Å². The Morgan fingerprint density at radius 2 is 1.74 bits per heavy atom. The number of non-ortho nitro benzene ring substituents is 1. The van der Waals surface area contributed by atoms with E-state index in [1.165, 1.54) is 0 Å². The average Bonchev–Trinajstić information content (AvgIpc) is 2.76. The van der Waals surface area contributed by atoms with Gasteiger partial charge in [0.05, 0.1) is 29.6 Å². The van der Waals surface area contributed by atoms with Gasteiger partial charge in [0.1, 0.15) is 17.8 Å². The number of benzene rings is 2. The van der Waals surface area contributed by atoms with Crippen LogP contribution in [0.15, 0.2) is 48.5 Å². The number of carbonyl (C=O) groups excluding carboxylic acids is 2. The van der Waals surface area contributed by atoms with Crippen molar-refractivity contribution >= 4 is 28.9 Å². The molecule has 0 heterocycles. The molecule has 2 atom stereocenters. The van der Waals surface area contributed by atoms with Gasteiger partial charge in [-0.15, -0.1) is 0 Å². The van der Waals surface area contributed by atoms with Crippen molar-refractivity contribution < 1.29 is 29.3 Å². The number of hydrogen-bond acceptors (Lipinski definition) is 9. The van der Waals surface area contributed by atoms with Crippen molar-refractivity contribution in [2.75, 3.05) is 19.0 Å². The van der Waals surface area contributed by atoms with Gasteiger partial charge in [0.2, 0.25) is 5.91 Å². The number of nitro groups is 2. The lowest BCUT2D eigenvalue weighted by Gasteiger charge is -2.21. The standard InChI is InChI=1S/C19H20N4O8/c1-31-19(26)15(9-12-5-3-2-4-6-12)21-18(25)16(11-24)20-14-8-7-13(22(27)28)10-17(14)23(29)30/h2-8,10,15-16,20,24H,9,11H2,1H3,(H,21,25)/t15-,16-/m1/s1. The topological polar surface area (TPSA) is 174 Å². The number of carbonyl (C=O) groups is 2. The fourth-order valence-electron chi connectivity index (χ4n) is 2.75. The summed E-state index contributed by atoms with van der Waals surface area (Å²) < 4.78 is 4.71. The van der Waals surface area contributed by atoms with Gasteiger partial charge >= 0.3 is 5.97 Å². The molecule has 0 saturated carbocycles. The minimum Gasteiger partial charge on any atom is -0.467 e. The third kappa shape index (κ3) is 6.21. The monoisotopic (exact) mass is 432 g/mol. The van der Waals surface area contributed by atoms with Crippen LogP contribution in [-0.4, -0.2) is 52.6 Å². The summed E-state index contributed by atoms with van der Waals surface area (Å²) >= 11 is 0. The van der Waals surface area contributed by atoms with E-state index < -0.39 is 51.8 Å². The van der Waals surface area contributed by atoms with E-state index in [0.29, 0.717) is 0 Å². The number of aliphatic hydroxyl groups is 1. The number of hydrogen-bond donors (Lipinski definition) is 3. The molecule has 0 saturated heterocycles. The van der Waals surface area contributed by atoms with Crippen LogP contribution >= 0.6 is 0 Å². The summed E-state index contributed by atoms with van der Waals surface area (Å²) in [5.74, 6) is -1.53. The molecule has 31 heavy (non-hydrogen) atoms. The van der Waals surface area contributed by atoms with E-state index in [0.717, 1.165) is 30.9 Å². The maximum Gasteiger partial charge on any atom is 0.328 e. The number of nitrogens with one attached hydrogen (secondary N) is 2. The minimum absolute atomic E-state index is 0.120. The summed E-state index contributed by atoms with van der Waals surface area (Å²) in [6.07, 6.45) is 0.120. The Kier molecular flexibility index (Phi) is 7.97. The van der Waals surface area contributed by atoms with Crippen molar-refractivity contribution in [2.24, 2.45) is 0 Å². The van der Waals surface area contributed by atoms with E-state index >= 15 is 0 Å². The zero-order valence-electron chi connectivity index (χ0n) is 16.4. The van der Waals surface area contributed by atoms with Crippen LogP contribution < -0.4 is 10.6 Å². The van der Waals surface area contributed by atoms with Crippen molar-refractivity contribution in [2.45, 2.75) is 18.5 Å². The second kappa shape index (κ2) is 10.6. The number of rotatable bonds is 10. The first-order valence-corrected chi connectivity index (χ1v) is 8.99. The first-order chi connectivity index (χ1) is 14.8. The molecule has 12 heteroatoms. The lowest BCUT2D eigenvalue weighted by Crippen LogP contribution is -2.50. The predicted octanol–water partition coefficient (Wildman–Crippen LogP) is 1.18. The smallest absolute Gasteiger partial charge is 0.328 e. The Labute approximate surface area is 176 Å². The summed E-state index contributed by atoms with van der Waals surface area (Å²) in [6.45, 7) is -0.765. The largest absolute Gasteiger partial charge is 0.467 e. The van der Waals surface area contributed by atoms with Gasteiger partial charge in [-0.25, -0.2) is 4.79 Å². The molecule has 0 aliphatic rings. The van der Waals surface area contributed by atoms with E-state index in [4.69, 9.17) is 4.74 Å². The first-order valence-electron chi connectivity index (χ1n) is 8.99. The Morgan fingerprint density at radius 3 is 2.29 bits per heavy atom. The van der Waals surface area contributed by atoms with Crippen molar-refractivity contribution in [3.8, 4) is 0 Å². The van der Waals surface area contributed by atoms with Crippen LogP contribution in [0.25, 0.3) is 0 Å². The number of aliphatic hydroxyl groups excluding tert-OH is 1. The Balaban J connectivity index is 2.21. The highest BCUT2D eigenvalue weighted by Crippen LogP contribution is 2.29. The summed E-state index contributed by atoms with van der Waals surface area (Å²) in [7, 11) is 1.16. The van der Waals surface area contributed by atoms with E-state index in [9.17, 15) is 34.9 Å². The highest BCUT2D eigenvalue weighted by atomic mass is 16.6. The number of amides is 1. The van der Waals surface area contributed by atoms with Gasteiger partial charge in [-0.2, -0.15) is 0 Å². The zero-order chi connectivity index (χ0) is 23.0. The number of esters is 1. The van der Waals surface area contributed by atoms with Crippen LogP contribution in [0.5, 0.6) is 0 Å². The highest BCUT2D eigenvalue weighted by molar-refractivity contribution is 5.90. The molecule has 2 rings (SSSR count). The molecule has 0 radical (unpaired) electrons. The number of nitro benzene ring substituents is 2. The van der Waals surface area contributed by atoms with Gasteiger partial charge in [-0.05, 0) is 11.6 Å². The number of methoxy groups -OCH3 is 1. The van der Waals surface area contributed by atoms with Crippen LogP contribution in [0.2, 0.25) is 0 Å². The molecular weight excluding hydrogens is 412 g/mol. The number of nitrogens with zero attached hydrogens (tertiary/aromatic N) is 2. The summed E-state index contributed by atoms with van der Waals surface area (Å²) in [4.78, 5) is 45.2. The van der Waals surface area contributed by atoms with Crippen molar-refractivity contribution in [3.05, 3.63) is 74.3 Å². The van der Waals surface area contributed by atoms with E-state index in [2.05, 4.69) is 10.6 Å². The van der Waals surface area contributed by atoms with Crippen LogP contribution in [0, 0.1) is 20.2 Å². The predicted molar refractivity (Wildman–Crippen MR) is 108 cm³/mol. The van der Waals surface area contributed by atoms with Gasteiger partial charge in [0.25, 0.3) is 11.4 Å². The summed E-state index contributed by atoms with van der Waals surface area (Å²) in [5, 5.41) is 36.7.